The van der Waals surface area contributed by atoms with E-state index in [1.54, 1.807) is 6.20 Å². The maximum absolute atomic E-state index is 12.0. The smallest absolute Gasteiger partial charge is 0.264 e. The molecule has 0 aliphatic heterocycles. The molecule has 0 radical (unpaired) electrons. The van der Waals surface area contributed by atoms with Crippen LogP contribution in [-0.2, 0) is 6.18 Å². The van der Waals surface area contributed by atoms with E-state index >= 15 is 0 Å². The molecule has 0 fully saturated rings. The van der Waals surface area contributed by atoms with Crippen molar-refractivity contribution in [1.29, 1.82) is 0 Å². The zero-order valence-electron chi connectivity index (χ0n) is 10.1. The second-order valence-electron chi connectivity index (χ2n) is 3.70. The SMILES string of the molecule is Cc1cccnc1.Cc1cccnc1C(F)(F)F. The number of aryl methyl sites for hydroxylation is 2. The molecule has 96 valence electrons. The summed E-state index contributed by atoms with van der Waals surface area (Å²) < 4.78 is 36.0. The summed E-state index contributed by atoms with van der Waals surface area (Å²) in [6.07, 6.45) is 0.411. The van der Waals surface area contributed by atoms with Gasteiger partial charge in [0.15, 0.2) is 0 Å². The minimum atomic E-state index is -4.33. The normalized spacial score (nSPS) is 10.5. The Morgan fingerprint density at radius 3 is 2.00 bits per heavy atom. The lowest BCUT2D eigenvalue weighted by atomic mass is 10.2. The lowest BCUT2D eigenvalue weighted by Gasteiger charge is -2.06. The summed E-state index contributed by atoms with van der Waals surface area (Å²) in [6.45, 7) is 3.41. The van der Waals surface area contributed by atoms with Gasteiger partial charge in [0, 0.05) is 18.6 Å². The predicted octanol–water partition coefficient (Wildman–Crippen LogP) is 3.80. The van der Waals surface area contributed by atoms with Crippen molar-refractivity contribution >= 4 is 0 Å². The molecule has 2 aromatic heterocycles. The largest absolute Gasteiger partial charge is 0.433 e. The molecule has 0 amide bonds. The quantitative estimate of drug-likeness (QED) is 0.714. The van der Waals surface area contributed by atoms with Gasteiger partial charge in [0.05, 0.1) is 0 Å². The van der Waals surface area contributed by atoms with E-state index in [0.29, 0.717) is 0 Å². The Bertz CT molecular complexity index is 481. The maximum atomic E-state index is 12.0. The molecule has 5 heteroatoms. The van der Waals surface area contributed by atoms with E-state index in [4.69, 9.17) is 0 Å². The van der Waals surface area contributed by atoms with Crippen LogP contribution >= 0.6 is 0 Å². The number of hydrogen-bond acceptors (Lipinski definition) is 2. The van der Waals surface area contributed by atoms with Gasteiger partial charge in [0.2, 0.25) is 0 Å². The fourth-order valence-corrected chi connectivity index (χ4v) is 1.23. The molecule has 2 aromatic rings. The van der Waals surface area contributed by atoms with Crippen molar-refractivity contribution in [1.82, 2.24) is 9.97 Å². The molecule has 0 N–H and O–H groups in total. The van der Waals surface area contributed by atoms with Crippen LogP contribution in [0, 0.1) is 13.8 Å². The average Bonchev–Trinajstić information content (AvgIpc) is 2.30. The molecular formula is C13H13F3N2. The fourth-order valence-electron chi connectivity index (χ4n) is 1.23. The Hall–Kier alpha value is -1.91. The molecule has 0 saturated heterocycles. The van der Waals surface area contributed by atoms with Crippen molar-refractivity contribution in [3.63, 3.8) is 0 Å². The summed E-state index contributed by atoms with van der Waals surface area (Å²) in [7, 11) is 0. The van der Waals surface area contributed by atoms with Crippen LogP contribution in [0.15, 0.2) is 42.9 Å². The topological polar surface area (TPSA) is 25.8 Å². The van der Waals surface area contributed by atoms with Crippen LogP contribution in [0.1, 0.15) is 16.8 Å². The first-order chi connectivity index (χ1) is 8.41. The van der Waals surface area contributed by atoms with Crippen molar-refractivity contribution in [3.05, 3.63) is 59.7 Å². The average molecular weight is 254 g/mol. The third-order valence-corrected chi connectivity index (χ3v) is 2.09. The lowest BCUT2D eigenvalue weighted by Crippen LogP contribution is -2.09. The predicted molar refractivity (Wildman–Crippen MR) is 63.0 cm³/mol. The lowest BCUT2D eigenvalue weighted by molar-refractivity contribution is -0.141. The number of hydrogen-bond donors (Lipinski definition) is 0. The van der Waals surface area contributed by atoms with Crippen LogP contribution in [0.5, 0.6) is 0 Å². The summed E-state index contributed by atoms with van der Waals surface area (Å²) in [5.41, 5.74) is 0.558. The third kappa shape index (κ3) is 4.53. The Kier molecular flexibility index (Phi) is 4.83. The zero-order valence-corrected chi connectivity index (χ0v) is 10.1. The highest BCUT2D eigenvalue weighted by Gasteiger charge is 2.33. The Morgan fingerprint density at radius 2 is 1.67 bits per heavy atom. The van der Waals surface area contributed by atoms with E-state index in [1.807, 2.05) is 25.3 Å². The van der Waals surface area contributed by atoms with E-state index in [0.717, 1.165) is 6.20 Å². The van der Waals surface area contributed by atoms with Crippen molar-refractivity contribution in [2.24, 2.45) is 0 Å². The first kappa shape index (κ1) is 14.2. The van der Waals surface area contributed by atoms with Gasteiger partial charge in [-0.2, -0.15) is 13.2 Å². The number of nitrogens with zero attached hydrogens (tertiary/aromatic N) is 2. The minimum Gasteiger partial charge on any atom is -0.264 e. The number of alkyl halides is 3. The third-order valence-electron chi connectivity index (χ3n) is 2.09. The summed E-state index contributed by atoms with van der Waals surface area (Å²) >= 11 is 0. The standard InChI is InChI=1S/C7H6F3N.C6H7N/c1-5-3-2-4-11-6(5)7(8,9)10;1-6-3-2-4-7-5-6/h2-4H,1H3;2-5H,1H3. The number of rotatable bonds is 0. The highest BCUT2D eigenvalue weighted by atomic mass is 19.4. The summed E-state index contributed by atoms with van der Waals surface area (Å²) in [5.74, 6) is 0. The van der Waals surface area contributed by atoms with Crippen molar-refractivity contribution in [2.75, 3.05) is 0 Å². The summed E-state index contributed by atoms with van der Waals surface area (Å²) in [4.78, 5) is 7.11. The van der Waals surface area contributed by atoms with Crippen LogP contribution in [0.25, 0.3) is 0 Å². The molecule has 2 nitrogen and oxygen atoms in total. The highest BCUT2D eigenvalue weighted by molar-refractivity contribution is 5.19. The Balaban J connectivity index is 0.000000199. The molecule has 0 saturated carbocycles. The van der Waals surface area contributed by atoms with Gasteiger partial charge in [-0.25, -0.2) is 0 Å². The van der Waals surface area contributed by atoms with Gasteiger partial charge in [0.25, 0.3) is 0 Å². The van der Waals surface area contributed by atoms with Crippen LogP contribution < -0.4 is 0 Å². The van der Waals surface area contributed by atoms with E-state index in [2.05, 4.69) is 9.97 Å². The van der Waals surface area contributed by atoms with Crippen molar-refractivity contribution in [3.8, 4) is 0 Å². The van der Waals surface area contributed by atoms with Gasteiger partial charge >= 0.3 is 6.18 Å². The van der Waals surface area contributed by atoms with Gasteiger partial charge in [0.1, 0.15) is 5.69 Å². The minimum absolute atomic E-state index is 0.153. The van der Waals surface area contributed by atoms with E-state index in [-0.39, 0.29) is 5.56 Å². The second kappa shape index (κ2) is 6.14. The molecule has 18 heavy (non-hydrogen) atoms. The van der Waals surface area contributed by atoms with Crippen LogP contribution in [0.4, 0.5) is 13.2 Å². The van der Waals surface area contributed by atoms with Gasteiger partial charge in [-0.1, -0.05) is 12.1 Å². The molecule has 0 aromatic carbocycles. The first-order valence-corrected chi connectivity index (χ1v) is 5.26. The monoisotopic (exact) mass is 254 g/mol. The second-order valence-corrected chi connectivity index (χ2v) is 3.70. The zero-order chi connectivity index (χ0) is 13.6. The van der Waals surface area contributed by atoms with Crippen LogP contribution in [0.3, 0.4) is 0 Å². The summed E-state index contributed by atoms with van der Waals surface area (Å²) in [6, 6.07) is 6.81. The van der Waals surface area contributed by atoms with Gasteiger partial charge in [-0.3, -0.25) is 9.97 Å². The highest BCUT2D eigenvalue weighted by Crippen LogP contribution is 2.29. The molecule has 2 heterocycles. The van der Waals surface area contributed by atoms with Crippen LogP contribution in [0.2, 0.25) is 0 Å². The van der Waals surface area contributed by atoms with E-state index < -0.39 is 11.9 Å². The molecule has 0 aliphatic rings. The van der Waals surface area contributed by atoms with E-state index in [1.165, 1.54) is 24.6 Å². The number of pyridine rings is 2. The van der Waals surface area contributed by atoms with Crippen LogP contribution in [-0.4, -0.2) is 9.97 Å². The molecule has 0 unspecified atom stereocenters. The first-order valence-electron chi connectivity index (χ1n) is 5.26. The molecule has 0 bridgehead atoms. The van der Waals surface area contributed by atoms with Crippen molar-refractivity contribution in [2.45, 2.75) is 20.0 Å². The number of halogens is 3. The maximum Gasteiger partial charge on any atom is 0.433 e. The Morgan fingerprint density at radius 1 is 1.00 bits per heavy atom. The van der Waals surface area contributed by atoms with Gasteiger partial charge in [-0.05, 0) is 37.1 Å². The fraction of sp³-hybridized carbons (Fsp3) is 0.231. The van der Waals surface area contributed by atoms with Crippen molar-refractivity contribution < 1.29 is 13.2 Å². The molecule has 0 atom stereocenters. The molecular weight excluding hydrogens is 241 g/mol. The molecule has 2 rings (SSSR count). The Labute approximate surface area is 104 Å². The summed E-state index contributed by atoms with van der Waals surface area (Å²) in [5, 5.41) is 0. The van der Waals surface area contributed by atoms with Gasteiger partial charge in [-0.15, -0.1) is 0 Å². The van der Waals surface area contributed by atoms with E-state index in [9.17, 15) is 13.2 Å². The van der Waals surface area contributed by atoms with Gasteiger partial charge < -0.3 is 0 Å². The number of aromatic nitrogens is 2. The molecule has 0 spiro atoms. The molecule has 0 aliphatic carbocycles.